The highest BCUT2D eigenvalue weighted by Gasteiger charge is 2.19. The largest absolute Gasteiger partial charge is 0.394 e. The molecular weight excluding hydrogens is 232 g/mol. The number of carbonyl (C=O) groups excluding carboxylic acids is 1. The maximum absolute atomic E-state index is 11.7. The van der Waals surface area contributed by atoms with Crippen LogP contribution in [-0.2, 0) is 6.54 Å². The Bertz CT molecular complexity index is 399. The first-order valence-electron chi connectivity index (χ1n) is 6.06. The Labute approximate surface area is 107 Å². The average molecular weight is 254 g/mol. The van der Waals surface area contributed by atoms with E-state index in [0.29, 0.717) is 11.7 Å². The molecular formula is C12H22N4O2. The first-order valence-corrected chi connectivity index (χ1v) is 6.06. The number of carbonyl (C=O) groups is 1. The Morgan fingerprint density at radius 2 is 2.22 bits per heavy atom. The van der Waals surface area contributed by atoms with Crippen LogP contribution in [0.2, 0.25) is 0 Å². The van der Waals surface area contributed by atoms with Crippen molar-refractivity contribution >= 4 is 11.8 Å². The highest BCUT2D eigenvalue weighted by atomic mass is 16.3. The maximum Gasteiger partial charge on any atom is 0.320 e. The molecule has 0 spiro atoms. The Balaban J connectivity index is 2.62. The predicted octanol–water partition coefficient (Wildman–Crippen LogP) is 1.43. The van der Waals surface area contributed by atoms with Gasteiger partial charge >= 0.3 is 6.03 Å². The van der Waals surface area contributed by atoms with E-state index >= 15 is 0 Å². The summed E-state index contributed by atoms with van der Waals surface area (Å²) in [5.74, 6) is 1.09. The second-order valence-corrected chi connectivity index (χ2v) is 5.41. The van der Waals surface area contributed by atoms with Gasteiger partial charge in [-0.3, -0.25) is 5.32 Å². The summed E-state index contributed by atoms with van der Waals surface area (Å²) in [7, 11) is 0. The zero-order chi connectivity index (χ0) is 13.8. The quantitative estimate of drug-likeness (QED) is 0.743. The summed E-state index contributed by atoms with van der Waals surface area (Å²) in [5.41, 5.74) is -0.646. The lowest BCUT2D eigenvalue weighted by atomic mass is 10.1. The molecule has 0 radical (unpaired) electrons. The highest BCUT2D eigenvalue weighted by Crippen LogP contribution is 2.09. The molecule has 0 aliphatic rings. The second kappa shape index (κ2) is 5.86. The topological polar surface area (TPSA) is 79.2 Å². The van der Waals surface area contributed by atoms with Gasteiger partial charge in [0.2, 0.25) is 0 Å². The van der Waals surface area contributed by atoms with Crippen LogP contribution in [0.5, 0.6) is 0 Å². The molecule has 6 heteroatoms. The Kier molecular flexibility index (Phi) is 4.72. The number of hydrogen-bond acceptors (Lipinski definition) is 3. The third-order valence-electron chi connectivity index (χ3n) is 2.34. The summed E-state index contributed by atoms with van der Waals surface area (Å²) in [6.07, 6.45) is 1.65. The number of urea groups is 1. The molecule has 3 N–H and O–H groups in total. The minimum Gasteiger partial charge on any atom is -0.394 e. The van der Waals surface area contributed by atoms with Crippen molar-refractivity contribution in [1.29, 1.82) is 0 Å². The lowest BCUT2D eigenvalue weighted by Crippen LogP contribution is -2.48. The van der Waals surface area contributed by atoms with Gasteiger partial charge in [-0.05, 0) is 19.8 Å². The van der Waals surface area contributed by atoms with Crippen molar-refractivity contribution in [2.75, 3.05) is 11.9 Å². The third-order valence-corrected chi connectivity index (χ3v) is 2.34. The van der Waals surface area contributed by atoms with Gasteiger partial charge in [0.25, 0.3) is 0 Å². The number of rotatable bonds is 5. The maximum atomic E-state index is 11.7. The smallest absolute Gasteiger partial charge is 0.320 e. The van der Waals surface area contributed by atoms with Crippen molar-refractivity contribution in [3.05, 3.63) is 12.3 Å². The van der Waals surface area contributed by atoms with Gasteiger partial charge in [-0.2, -0.15) is 5.10 Å². The van der Waals surface area contributed by atoms with Crippen molar-refractivity contribution in [2.45, 2.75) is 39.8 Å². The standard InChI is InChI=1S/C12H22N4O2/c1-9(2)7-16-10(5-6-13-16)14-11(18)15-12(3,4)8-17/h5-6,9,17H,7-8H2,1-4H3,(H2,14,15,18). The second-order valence-electron chi connectivity index (χ2n) is 5.41. The Hall–Kier alpha value is -1.56. The zero-order valence-corrected chi connectivity index (χ0v) is 11.4. The van der Waals surface area contributed by atoms with Crippen LogP contribution in [0.3, 0.4) is 0 Å². The molecule has 1 heterocycles. The van der Waals surface area contributed by atoms with Gasteiger partial charge in [0.05, 0.1) is 18.3 Å². The van der Waals surface area contributed by atoms with Crippen LogP contribution >= 0.6 is 0 Å². The van der Waals surface area contributed by atoms with E-state index in [1.807, 2.05) is 0 Å². The molecule has 102 valence electrons. The molecule has 2 amide bonds. The van der Waals surface area contributed by atoms with Crippen molar-refractivity contribution in [3.63, 3.8) is 0 Å². The van der Waals surface area contributed by atoms with Crippen molar-refractivity contribution in [2.24, 2.45) is 5.92 Å². The molecule has 0 saturated carbocycles. The van der Waals surface area contributed by atoms with Crippen molar-refractivity contribution in [3.8, 4) is 0 Å². The minimum atomic E-state index is -0.646. The SMILES string of the molecule is CC(C)Cn1nccc1NC(=O)NC(C)(C)CO. The molecule has 0 aliphatic carbocycles. The van der Waals surface area contributed by atoms with E-state index in [2.05, 4.69) is 29.6 Å². The van der Waals surface area contributed by atoms with Crippen LogP contribution in [0.15, 0.2) is 12.3 Å². The van der Waals surface area contributed by atoms with Gasteiger partial charge in [-0.1, -0.05) is 13.8 Å². The fraction of sp³-hybridized carbons (Fsp3) is 0.667. The van der Waals surface area contributed by atoms with Crippen LogP contribution < -0.4 is 10.6 Å². The molecule has 6 nitrogen and oxygen atoms in total. The fourth-order valence-corrected chi connectivity index (χ4v) is 1.42. The molecule has 0 bridgehead atoms. The van der Waals surface area contributed by atoms with E-state index < -0.39 is 5.54 Å². The zero-order valence-electron chi connectivity index (χ0n) is 11.4. The lowest BCUT2D eigenvalue weighted by Gasteiger charge is -2.23. The molecule has 0 atom stereocenters. The summed E-state index contributed by atoms with van der Waals surface area (Å²) in [6.45, 7) is 8.29. The van der Waals surface area contributed by atoms with Crippen LogP contribution in [0.4, 0.5) is 10.6 Å². The highest BCUT2D eigenvalue weighted by molar-refractivity contribution is 5.88. The first-order chi connectivity index (χ1) is 8.34. The third kappa shape index (κ3) is 4.37. The molecule has 0 saturated heterocycles. The number of nitrogens with one attached hydrogen (secondary N) is 2. The molecule has 1 rings (SSSR count). The Morgan fingerprint density at radius 1 is 1.56 bits per heavy atom. The number of aliphatic hydroxyl groups excluding tert-OH is 1. The van der Waals surface area contributed by atoms with Gasteiger partial charge in [-0.15, -0.1) is 0 Å². The predicted molar refractivity (Wildman–Crippen MR) is 70.4 cm³/mol. The number of hydrogen-bond donors (Lipinski definition) is 3. The summed E-state index contributed by atoms with van der Waals surface area (Å²) < 4.78 is 1.75. The monoisotopic (exact) mass is 254 g/mol. The lowest BCUT2D eigenvalue weighted by molar-refractivity contribution is 0.187. The van der Waals surface area contributed by atoms with E-state index in [1.54, 1.807) is 30.8 Å². The normalized spacial score (nSPS) is 11.7. The summed E-state index contributed by atoms with van der Waals surface area (Å²) >= 11 is 0. The van der Waals surface area contributed by atoms with Gasteiger partial charge in [0.1, 0.15) is 5.82 Å². The van der Waals surface area contributed by atoms with Crippen LogP contribution in [0.25, 0.3) is 0 Å². The molecule has 0 fully saturated rings. The Morgan fingerprint density at radius 3 is 2.78 bits per heavy atom. The number of nitrogens with zero attached hydrogens (tertiary/aromatic N) is 2. The molecule has 0 unspecified atom stereocenters. The van der Waals surface area contributed by atoms with Crippen LogP contribution in [-0.4, -0.2) is 33.1 Å². The molecule has 0 aromatic carbocycles. The number of amides is 2. The van der Waals surface area contributed by atoms with E-state index in [1.165, 1.54) is 0 Å². The summed E-state index contributed by atoms with van der Waals surface area (Å²) in [5, 5.41) is 18.6. The van der Waals surface area contributed by atoms with Gasteiger partial charge in [0.15, 0.2) is 0 Å². The minimum absolute atomic E-state index is 0.119. The first kappa shape index (κ1) is 14.5. The van der Waals surface area contributed by atoms with Crippen LogP contribution in [0, 0.1) is 5.92 Å². The molecule has 0 aliphatic heterocycles. The van der Waals surface area contributed by atoms with Gasteiger partial charge < -0.3 is 10.4 Å². The van der Waals surface area contributed by atoms with E-state index in [9.17, 15) is 4.79 Å². The molecule has 18 heavy (non-hydrogen) atoms. The number of anilines is 1. The number of aliphatic hydroxyl groups is 1. The average Bonchev–Trinajstić information content (AvgIpc) is 2.64. The van der Waals surface area contributed by atoms with E-state index in [4.69, 9.17) is 5.11 Å². The van der Waals surface area contributed by atoms with Crippen molar-refractivity contribution in [1.82, 2.24) is 15.1 Å². The molecule has 1 aromatic heterocycles. The van der Waals surface area contributed by atoms with Crippen molar-refractivity contribution < 1.29 is 9.90 Å². The number of aromatic nitrogens is 2. The fourth-order valence-electron chi connectivity index (χ4n) is 1.42. The van der Waals surface area contributed by atoms with Gasteiger partial charge in [-0.25, -0.2) is 9.48 Å². The van der Waals surface area contributed by atoms with Crippen LogP contribution in [0.1, 0.15) is 27.7 Å². The van der Waals surface area contributed by atoms with E-state index in [0.717, 1.165) is 6.54 Å². The molecule has 1 aromatic rings. The summed E-state index contributed by atoms with van der Waals surface area (Å²) in [6, 6.07) is 1.40. The van der Waals surface area contributed by atoms with E-state index in [-0.39, 0.29) is 12.6 Å². The summed E-state index contributed by atoms with van der Waals surface area (Å²) in [4.78, 5) is 11.7. The van der Waals surface area contributed by atoms with Gasteiger partial charge in [0, 0.05) is 12.6 Å².